The van der Waals surface area contributed by atoms with E-state index in [-0.39, 0.29) is 18.1 Å². The first-order chi connectivity index (χ1) is 10.2. The third-order valence-electron chi connectivity index (χ3n) is 4.28. The zero-order chi connectivity index (χ0) is 15.5. The van der Waals surface area contributed by atoms with E-state index in [9.17, 15) is 9.90 Å². The minimum Gasteiger partial charge on any atom is -0.392 e. The summed E-state index contributed by atoms with van der Waals surface area (Å²) in [6.07, 6.45) is 9.76. The van der Waals surface area contributed by atoms with Gasteiger partial charge in [0.05, 0.1) is 12.1 Å². The van der Waals surface area contributed by atoms with Gasteiger partial charge in [-0.15, -0.1) is 0 Å². The van der Waals surface area contributed by atoms with Crippen molar-refractivity contribution in [3.05, 3.63) is 0 Å². The average molecular weight is 298 g/mol. The van der Waals surface area contributed by atoms with E-state index in [1.54, 1.807) is 0 Å². The number of carbonyl (C=O) groups excluding carboxylic acids is 1. The number of aliphatic hydroxyl groups is 1. The van der Waals surface area contributed by atoms with Crippen LogP contribution < -0.4 is 5.32 Å². The lowest BCUT2D eigenvalue weighted by molar-refractivity contribution is -0.133. The number of nitrogens with zero attached hydrogens (tertiary/aromatic N) is 1. The fourth-order valence-corrected chi connectivity index (χ4v) is 2.92. The molecule has 1 amide bonds. The highest BCUT2D eigenvalue weighted by Crippen LogP contribution is 2.12. The second-order valence-electron chi connectivity index (χ2n) is 6.30. The van der Waals surface area contributed by atoms with E-state index in [2.05, 4.69) is 19.2 Å². The van der Waals surface area contributed by atoms with Crippen LogP contribution in [0.5, 0.6) is 0 Å². The molecule has 21 heavy (non-hydrogen) atoms. The summed E-state index contributed by atoms with van der Waals surface area (Å²) in [4.78, 5) is 14.6. The number of rotatable bonds is 11. The summed E-state index contributed by atoms with van der Waals surface area (Å²) in [7, 11) is 0. The molecule has 0 aromatic carbocycles. The molecule has 0 aromatic rings. The van der Waals surface area contributed by atoms with Crippen molar-refractivity contribution in [2.45, 2.75) is 83.8 Å². The van der Waals surface area contributed by atoms with Crippen LogP contribution in [0.1, 0.15) is 71.6 Å². The van der Waals surface area contributed by atoms with E-state index in [1.165, 1.54) is 38.5 Å². The molecule has 0 radical (unpaired) electrons. The molecule has 0 bridgehead atoms. The number of hydrogen-bond donors (Lipinski definition) is 2. The van der Waals surface area contributed by atoms with Crippen LogP contribution in [-0.2, 0) is 4.79 Å². The van der Waals surface area contributed by atoms with Crippen molar-refractivity contribution >= 4 is 5.91 Å². The average Bonchev–Trinajstić information content (AvgIpc) is 2.91. The highest BCUT2D eigenvalue weighted by Gasteiger charge is 2.30. The van der Waals surface area contributed by atoms with Gasteiger partial charge in [-0.2, -0.15) is 0 Å². The minimum absolute atomic E-state index is 0.169. The van der Waals surface area contributed by atoms with Crippen LogP contribution in [0.2, 0.25) is 0 Å². The minimum atomic E-state index is -0.360. The van der Waals surface area contributed by atoms with Crippen LogP contribution in [-0.4, -0.2) is 47.7 Å². The van der Waals surface area contributed by atoms with Gasteiger partial charge in [0.1, 0.15) is 0 Å². The summed E-state index contributed by atoms with van der Waals surface area (Å²) in [5, 5.41) is 12.7. The lowest BCUT2D eigenvalue weighted by Gasteiger charge is -2.26. The number of nitrogens with one attached hydrogen (secondary N) is 1. The number of unbranched alkanes of at least 4 members (excludes halogenated alkanes) is 6. The molecule has 1 fully saturated rings. The predicted octanol–water partition coefficient (Wildman–Crippen LogP) is 2.70. The first-order valence-electron chi connectivity index (χ1n) is 8.89. The number of aliphatic hydroxyl groups excluding tert-OH is 1. The molecule has 2 N–H and O–H groups in total. The number of β-amino-alcohol motifs (C(OH)–C–C–N with tert-alkyl or cyclic N) is 1. The maximum Gasteiger partial charge on any atom is 0.239 e. The summed E-state index contributed by atoms with van der Waals surface area (Å²) in [5.74, 6) is 0.194. The maximum absolute atomic E-state index is 12.6. The standard InChI is InChI=1S/C17H34N2O2/c1-3-5-7-9-11-19(12-10-8-6-4-2)17(21)16-13-15(20)14-18-16/h15-16,18,20H,3-14H2,1-2H3/t15?,16-/m0/s1. The smallest absolute Gasteiger partial charge is 0.239 e. The fraction of sp³-hybridized carbons (Fsp3) is 0.941. The van der Waals surface area contributed by atoms with Crippen LogP contribution in [0.15, 0.2) is 0 Å². The highest BCUT2D eigenvalue weighted by molar-refractivity contribution is 5.82. The van der Waals surface area contributed by atoms with E-state index in [0.29, 0.717) is 13.0 Å². The van der Waals surface area contributed by atoms with Crippen molar-refractivity contribution in [2.75, 3.05) is 19.6 Å². The molecule has 124 valence electrons. The zero-order valence-electron chi connectivity index (χ0n) is 13.9. The summed E-state index contributed by atoms with van der Waals surface area (Å²) in [6.45, 7) is 6.71. The summed E-state index contributed by atoms with van der Waals surface area (Å²) >= 11 is 0. The Morgan fingerprint density at radius 2 is 1.62 bits per heavy atom. The molecule has 4 nitrogen and oxygen atoms in total. The van der Waals surface area contributed by atoms with E-state index in [0.717, 1.165) is 25.9 Å². The highest BCUT2D eigenvalue weighted by atomic mass is 16.3. The molecule has 1 aliphatic heterocycles. The van der Waals surface area contributed by atoms with Gasteiger partial charge < -0.3 is 15.3 Å². The Kier molecular flexibility index (Phi) is 9.68. The van der Waals surface area contributed by atoms with Gasteiger partial charge in [0.2, 0.25) is 5.91 Å². The normalized spacial score (nSPS) is 21.7. The lowest BCUT2D eigenvalue weighted by Crippen LogP contribution is -2.44. The SMILES string of the molecule is CCCCCCN(CCCCCC)C(=O)[C@@H]1CC(O)CN1. The summed E-state index contributed by atoms with van der Waals surface area (Å²) in [6, 6.07) is -0.169. The molecular formula is C17H34N2O2. The van der Waals surface area contributed by atoms with Gasteiger partial charge in [-0.3, -0.25) is 4.79 Å². The van der Waals surface area contributed by atoms with Crippen LogP contribution in [0, 0.1) is 0 Å². The van der Waals surface area contributed by atoms with Crippen molar-refractivity contribution in [1.29, 1.82) is 0 Å². The zero-order valence-corrected chi connectivity index (χ0v) is 13.9. The molecule has 1 aliphatic rings. The second-order valence-corrected chi connectivity index (χ2v) is 6.30. The maximum atomic E-state index is 12.6. The van der Waals surface area contributed by atoms with Gasteiger partial charge >= 0.3 is 0 Å². The third kappa shape index (κ3) is 7.28. The molecule has 0 spiro atoms. The van der Waals surface area contributed by atoms with Gasteiger partial charge in [-0.1, -0.05) is 52.4 Å². The molecular weight excluding hydrogens is 264 g/mol. The first-order valence-corrected chi connectivity index (χ1v) is 8.89. The molecule has 1 saturated heterocycles. The largest absolute Gasteiger partial charge is 0.392 e. The number of carbonyl (C=O) groups is 1. The topological polar surface area (TPSA) is 52.6 Å². The van der Waals surface area contributed by atoms with E-state index >= 15 is 0 Å². The second kappa shape index (κ2) is 11.0. The van der Waals surface area contributed by atoms with E-state index < -0.39 is 0 Å². The quantitative estimate of drug-likeness (QED) is 0.577. The van der Waals surface area contributed by atoms with Crippen LogP contribution >= 0.6 is 0 Å². The monoisotopic (exact) mass is 298 g/mol. The number of hydrogen-bond acceptors (Lipinski definition) is 3. The Morgan fingerprint density at radius 1 is 1.05 bits per heavy atom. The lowest BCUT2D eigenvalue weighted by atomic mass is 10.1. The van der Waals surface area contributed by atoms with E-state index in [4.69, 9.17) is 0 Å². The summed E-state index contributed by atoms with van der Waals surface area (Å²) in [5.41, 5.74) is 0. The van der Waals surface area contributed by atoms with Crippen molar-refractivity contribution in [3.8, 4) is 0 Å². The molecule has 4 heteroatoms. The Labute approximate surface area is 130 Å². The Hall–Kier alpha value is -0.610. The Bertz CT molecular complexity index is 272. The summed E-state index contributed by atoms with van der Waals surface area (Å²) < 4.78 is 0. The molecule has 0 aliphatic carbocycles. The molecule has 1 rings (SSSR count). The van der Waals surface area contributed by atoms with Crippen molar-refractivity contribution < 1.29 is 9.90 Å². The molecule has 0 aromatic heterocycles. The van der Waals surface area contributed by atoms with E-state index in [1.807, 2.05) is 4.90 Å². The van der Waals surface area contributed by atoms with Crippen molar-refractivity contribution in [2.24, 2.45) is 0 Å². The van der Waals surface area contributed by atoms with Crippen molar-refractivity contribution in [3.63, 3.8) is 0 Å². The van der Waals surface area contributed by atoms with Gasteiger partial charge in [0.25, 0.3) is 0 Å². The molecule has 0 saturated carbocycles. The third-order valence-corrected chi connectivity index (χ3v) is 4.28. The number of amides is 1. The van der Waals surface area contributed by atoms with Crippen LogP contribution in [0.3, 0.4) is 0 Å². The Balaban J connectivity index is 2.39. The van der Waals surface area contributed by atoms with Gasteiger partial charge in [-0.25, -0.2) is 0 Å². The van der Waals surface area contributed by atoms with Gasteiger partial charge in [-0.05, 0) is 19.3 Å². The molecule has 1 unspecified atom stereocenters. The van der Waals surface area contributed by atoms with Crippen LogP contribution in [0.25, 0.3) is 0 Å². The van der Waals surface area contributed by atoms with Gasteiger partial charge in [0, 0.05) is 19.6 Å². The van der Waals surface area contributed by atoms with Gasteiger partial charge in [0.15, 0.2) is 0 Å². The predicted molar refractivity (Wildman–Crippen MR) is 87.3 cm³/mol. The molecule has 1 heterocycles. The van der Waals surface area contributed by atoms with Crippen LogP contribution in [0.4, 0.5) is 0 Å². The first kappa shape index (κ1) is 18.4. The molecule has 2 atom stereocenters. The fourth-order valence-electron chi connectivity index (χ4n) is 2.92. The van der Waals surface area contributed by atoms with Crippen molar-refractivity contribution in [1.82, 2.24) is 10.2 Å². The Morgan fingerprint density at radius 3 is 2.05 bits per heavy atom.